The van der Waals surface area contributed by atoms with E-state index in [-0.39, 0.29) is 5.91 Å². The van der Waals surface area contributed by atoms with Crippen molar-refractivity contribution in [1.29, 1.82) is 0 Å². The molecule has 1 unspecified atom stereocenters. The molecule has 0 saturated carbocycles. The highest BCUT2D eigenvalue weighted by atomic mass is 16.5. The van der Waals surface area contributed by atoms with Crippen molar-refractivity contribution in [2.24, 2.45) is 5.92 Å². The second kappa shape index (κ2) is 5.82. The van der Waals surface area contributed by atoms with Crippen LogP contribution < -0.4 is 5.73 Å². The minimum absolute atomic E-state index is 0.0751. The van der Waals surface area contributed by atoms with Gasteiger partial charge < -0.3 is 15.4 Å². The molecule has 5 heteroatoms. The highest BCUT2D eigenvalue weighted by molar-refractivity contribution is 5.97. The number of nitrogen functional groups attached to an aromatic ring is 1. The molecule has 1 aliphatic heterocycles. The standard InChI is InChI=1S/C13H19N3O2/c1-18-9-10-4-3-7-16(8-10)13(17)12-11(14)5-2-6-15-12/h2,5-6,10H,3-4,7-9,14H2,1H3. The maximum absolute atomic E-state index is 12.3. The van der Waals surface area contributed by atoms with E-state index in [1.165, 1.54) is 0 Å². The van der Waals surface area contributed by atoms with Crippen molar-refractivity contribution in [2.45, 2.75) is 12.8 Å². The molecular weight excluding hydrogens is 230 g/mol. The lowest BCUT2D eigenvalue weighted by atomic mass is 9.98. The Morgan fingerprint density at radius 2 is 2.50 bits per heavy atom. The monoisotopic (exact) mass is 249 g/mol. The number of carbonyl (C=O) groups is 1. The van der Waals surface area contributed by atoms with Crippen LogP contribution in [0.2, 0.25) is 0 Å². The fourth-order valence-electron chi connectivity index (χ4n) is 2.37. The number of likely N-dealkylation sites (tertiary alicyclic amines) is 1. The summed E-state index contributed by atoms with van der Waals surface area (Å²) in [6, 6.07) is 3.44. The van der Waals surface area contributed by atoms with E-state index in [0.29, 0.717) is 23.9 Å². The summed E-state index contributed by atoms with van der Waals surface area (Å²) in [4.78, 5) is 18.2. The maximum Gasteiger partial charge on any atom is 0.274 e. The first-order valence-electron chi connectivity index (χ1n) is 6.21. The van der Waals surface area contributed by atoms with Gasteiger partial charge in [-0.2, -0.15) is 0 Å². The minimum Gasteiger partial charge on any atom is -0.397 e. The number of nitrogens with zero attached hydrogens (tertiary/aromatic N) is 2. The van der Waals surface area contributed by atoms with Crippen molar-refractivity contribution in [3.8, 4) is 0 Å². The molecular formula is C13H19N3O2. The van der Waals surface area contributed by atoms with Crippen molar-refractivity contribution in [3.63, 3.8) is 0 Å². The largest absolute Gasteiger partial charge is 0.397 e. The third-order valence-corrected chi connectivity index (χ3v) is 3.25. The molecule has 1 atom stereocenters. The van der Waals surface area contributed by atoms with E-state index in [1.807, 2.05) is 4.90 Å². The molecule has 0 bridgehead atoms. The smallest absolute Gasteiger partial charge is 0.274 e. The van der Waals surface area contributed by atoms with Gasteiger partial charge in [-0.3, -0.25) is 4.79 Å². The number of hydrogen-bond acceptors (Lipinski definition) is 4. The van der Waals surface area contributed by atoms with Crippen molar-refractivity contribution in [3.05, 3.63) is 24.0 Å². The van der Waals surface area contributed by atoms with E-state index >= 15 is 0 Å². The van der Waals surface area contributed by atoms with Crippen LogP contribution in [0.15, 0.2) is 18.3 Å². The van der Waals surface area contributed by atoms with Crippen molar-refractivity contribution >= 4 is 11.6 Å². The van der Waals surface area contributed by atoms with E-state index in [1.54, 1.807) is 25.4 Å². The predicted molar refractivity (Wildman–Crippen MR) is 69.2 cm³/mol. The molecule has 1 aromatic heterocycles. The Hall–Kier alpha value is -1.62. The van der Waals surface area contributed by atoms with Crippen molar-refractivity contribution < 1.29 is 9.53 Å². The Labute approximate surface area is 107 Å². The summed E-state index contributed by atoms with van der Waals surface area (Å²) in [5.41, 5.74) is 6.58. The van der Waals surface area contributed by atoms with Gasteiger partial charge in [-0.1, -0.05) is 0 Å². The second-order valence-electron chi connectivity index (χ2n) is 4.66. The van der Waals surface area contributed by atoms with Crippen LogP contribution in [0.4, 0.5) is 5.69 Å². The molecule has 0 aliphatic carbocycles. The molecule has 0 radical (unpaired) electrons. The number of pyridine rings is 1. The van der Waals surface area contributed by atoms with Gasteiger partial charge in [0, 0.05) is 26.4 Å². The average molecular weight is 249 g/mol. The summed E-state index contributed by atoms with van der Waals surface area (Å²) >= 11 is 0. The fourth-order valence-corrected chi connectivity index (χ4v) is 2.37. The van der Waals surface area contributed by atoms with Gasteiger partial charge in [0.15, 0.2) is 5.69 Å². The van der Waals surface area contributed by atoms with E-state index < -0.39 is 0 Å². The number of nitrogens with two attached hydrogens (primary N) is 1. The highest BCUT2D eigenvalue weighted by Crippen LogP contribution is 2.19. The molecule has 98 valence electrons. The third kappa shape index (κ3) is 2.79. The Kier molecular flexibility index (Phi) is 4.15. The number of rotatable bonds is 3. The number of amides is 1. The average Bonchev–Trinajstić information content (AvgIpc) is 2.39. The first-order valence-corrected chi connectivity index (χ1v) is 6.21. The van der Waals surface area contributed by atoms with E-state index in [4.69, 9.17) is 10.5 Å². The maximum atomic E-state index is 12.3. The first kappa shape index (κ1) is 12.8. The van der Waals surface area contributed by atoms with Gasteiger partial charge in [0.05, 0.1) is 12.3 Å². The number of hydrogen-bond donors (Lipinski definition) is 1. The third-order valence-electron chi connectivity index (χ3n) is 3.25. The Balaban J connectivity index is 2.07. The van der Waals surface area contributed by atoms with E-state index in [2.05, 4.69) is 4.98 Å². The van der Waals surface area contributed by atoms with E-state index in [9.17, 15) is 4.79 Å². The molecule has 1 aromatic rings. The van der Waals surface area contributed by atoms with Crippen LogP contribution in [0.1, 0.15) is 23.3 Å². The van der Waals surface area contributed by atoms with Crippen LogP contribution in [-0.2, 0) is 4.74 Å². The lowest BCUT2D eigenvalue weighted by Crippen LogP contribution is -2.41. The lowest BCUT2D eigenvalue weighted by molar-refractivity contribution is 0.0567. The summed E-state index contributed by atoms with van der Waals surface area (Å²) in [7, 11) is 1.69. The summed E-state index contributed by atoms with van der Waals surface area (Å²) in [5, 5.41) is 0. The van der Waals surface area contributed by atoms with Crippen molar-refractivity contribution in [1.82, 2.24) is 9.88 Å². The van der Waals surface area contributed by atoms with Crippen LogP contribution in [-0.4, -0.2) is 42.6 Å². The quantitative estimate of drug-likeness (QED) is 0.873. The molecule has 1 amide bonds. The SMILES string of the molecule is COCC1CCCN(C(=O)c2ncccc2N)C1. The van der Waals surface area contributed by atoms with Crippen LogP contribution in [0.3, 0.4) is 0 Å². The van der Waals surface area contributed by atoms with Gasteiger partial charge >= 0.3 is 0 Å². The lowest BCUT2D eigenvalue weighted by Gasteiger charge is -2.32. The topological polar surface area (TPSA) is 68.5 Å². The Morgan fingerprint density at radius 1 is 1.67 bits per heavy atom. The van der Waals surface area contributed by atoms with Crippen molar-refractivity contribution in [2.75, 3.05) is 32.5 Å². The Morgan fingerprint density at radius 3 is 3.22 bits per heavy atom. The molecule has 1 fully saturated rings. The zero-order valence-electron chi connectivity index (χ0n) is 10.6. The Bertz CT molecular complexity index is 420. The summed E-state index contributed by atoms with van der Waals surface area (Å²) in [6.07, 6.45) is 3.71. The molecule has 2 rings (SSSR count). The van der Waals surface area contributed by atoms with Crippen LogP contribution in [0.25, 0.3) is 0 Å². The number of piperidine rings is 1. The minimum atomic E-state index is -0.0751. The van der Waals surface area contributed by atoms with Gasteiger partial charge in [0.1, 0.15) is 0 Å². The molecule has 2 heterocycles. The van der Waals surface area contributed by atoms with Gasteiger partial charge in [0.25, 0.3) is 5.91 Å². The van der Waals surface area contributed by atoms with Crippen LogP contribution >= 0.6 is 0 Å². The molecule has 0 aromatic carbocycles. The molecule has 18 heavy (non-hydrogen) atoms. The van der Waals surface area contributed by atoms with Gasteiger partial charge in [0.2, 0.25) is 0 Å². The normalized spacial score (nSPS) is 19.8. The number of aromatic nitrogens is 1. The number of anilines is 1. The molecule has 2 N–H and O–H groups in total. The number of ether oxygens (including phenoxy) is 1. The highest BCUT2D eigenvalue weighted by Gasteiger charge is 2.26. The first-order chi connectivity index (χ1) is 8.72. The molecule has 5 nitrogen and oxygen atoms in total. The van der Waals surface area contributed by atoms with Crippen LogP contribution in [0, 0.1) is 5.92 Å². The number of methoxy groups -OCH3 is 1. The van der Waals surface area contributed by atoms with Gasteiger partial charge in [-0.05, 0) is 30.9 Å². The number of carbonyl (C=O) groups excluding carboxylic acids is 1. The second-order valence-corrected chi connectivity index (χ2v) is 4.66. The summed E-state index contributed by atoms with van der Waals surface area (Å²) in [6.45, 7) is 2.19. The van der Waals surface area contributed by atoms with Gasteiger partial charge in [-0.15, -0.1) is 0 Å². The summed E-state index contributed by atoms with van der Waals surface area (Å²) < 4.78 is 5.16. The van der Waals surface area contributed by atoms with Crippen LogP contribution in [0.5, 0.6) is 0 Å². The molecule has 1 saturated heterocycles. The van der Waals surface area contributed by atoms with Gasteiger partial charge in [-0.25, -0.2) is 4.98 Å². The fraction of sp³-hybridized carbons (Fsp3) is 0.538. The zero-order chi connectivity index (χ0) is 13.0. The predicted octanol–water partition coefficient (Wildman–Crippen LogP) is 1.16. The zero-order valence-corrected chi connectivity index (χ0v) is 10.6. The summed E-state index contributed by atoms with van der Waals surface area (Å²) in [5.74, 6) is 0.339. The van der Waals surface area contributed by atoms with E-state index in [0.717, 1.165) is 25.9 Å². The molecule has 0 spiro atoms. The molecule has 1 aliphatic rings.